The van der Waals surface area contributed by atoms with Crippen molar-refractivity contribution in [3.8, 4) is 0 Å². The van der Waals surface area contributed by atoms with Crippen LogP contribution in [0, 0.1) is 12.7 Å². The molecule has 0 heterocycles. The number of nitrogens with zero attached hydrogens (tertiary/aromatic N) is 3. The fraction of sp³-hybridized carbons (Fsp3) is 0.269. The van der Waals surface area contributed by atoms with Crippen LogP contribution in [0.2, 0.25) is 0 Å². The van der Waals surface area contributed by atoms with E-state index in [4.69, 9.17) is 0 Å². The Bertz CT molecular complexity index is 1230. The van der Waals surface area contributed by atoms with Crippen molar-refractivity contribution in [3.05, 3.63) is 95.3 Å². The second kappa shape index (κ2) is 10.8. The van der Waals surface area contributed by atoms with Crippen LogP contribution >= 0.6 is 0 Å². The molecule has 0 saturated carbocycles. The molecule has 0 atom stereocenters. The highest BCUT2D eigenvalue weighted by Gasteiger charge is 2.22. The van der Waals surface area contributed by atoms with E-state index >= 15 is 0 Å². The molecule has 0 N–H and O–H groups in total. The van der Waals surface area contributed by atoms with Crippen molar-refractivity contribution in [2.24, 2.45) is 0 Å². The standard InChI is InChI=1S/C26H30FN3O3S/c1-20-8-14-25(15-9-20)34(32,33)29(4)24-12-10-22(11-13-24)26(31)30(17-16-28(2)3)19-21-6-5-7-23(27)18-21/h5-15,18H,16-17,19H2,1-4H3. The number of aryl methyl sites for hydroxylation is 1. The third kappa shape index (κ3) is 6.21. The summed E-state index contributed by atoms with van der Waals surface area (Å²) in [5.41, 5.74) is 2.55. The molecule has 3 aromatic carbocycles. The molecule has 0 bridgehead atoms. The Hall–Kier alpha value is -3.23. The molecule has 0 unspecified atom stereocenters. The molecule has 0 aromatic heterocycles. The fourth-order valence-corrected chi connectivity index (χ4v) is 4.63. The Morgan fingerprint density at radius 1 is 0.882 bits per heavy atom. The van der Waals surface area contributed by atoms with Crippen LogP contribution in [0.5, 0.6) is 0 Å². The number of rotatable bonds is 9. The number of halogens is 1. The highest BCUT2D eigenvalue weighted by molar-refractivity contribution is 7.92. The van der Waals surface area contributed by atoms with Crippen molar-refractivity contribution in [3.63, 3.8) is 0 Å². The first kappa shape index (κ1) is 25.4. The van der Waals surface area contributed by atoms with Gasteiger partial charge in [0, 0.05) is 32.2 Å². The minimum Gasteiger partial charge on any atom is -0.333 e. The first-order chi connectivity index (χ1) is 16.1. The van der Waals surface area contributed by atoms with E-state index in [1.54, 1.807) is 65.6 Å². The van der Waals surface area contributed by atoms with Crippen LogP contribution < -0.4 is 4.31 Å². The third-order valence-electron chi connectivity index (χ3n) is 5.52. The summed E-state index contributed by atoms with van der Waals surface area (Å²) in [5.74, 6) is -0.554. The number of anilines is 1. The molecule has 3 aromatic rings. The zero-order valence-corrected chi connectivity index (χ0v) is 20.7. The molecule has 0 aliphatic carbocycles. The molecule has 0 radical (unpaired) electrons. The highest BCUT2D eigenvalue weighted by Crippen LogP contribution is 2.23. The second-order valence-corrected chi connectivity index (χ2v) is 10.5. The Morgan fingerprint density at radius 3 is 2.12 bits per heavy atom. The number of likely N-dealkylation sites (N-methyl/N-ethyl adjacent to an activating group) is 1. The molecule has 0 fully saturated rings. The van der Waals surface area contributed by atoms with Gasteiger partial charge in [-0.1, -0.05) is 29.8 Å². The fourth-order valence-electron chi connectivity index (χ4n) is 3.43. The SMILES string of the molecule is Cc1ccc(S(=O)(=O)N(C)c2ccc(C(=O)N(CCN(C)C)Cc3cccc(F)c3)cc2)cc1. The van der Waals surface area contributed by atoms with Gasteiger partial charge in [-0.2, -0.15) is 0 Å². The summed E-state index contributed by atoms with van der Waals surface area (Å²) in [5, 5.41) is 0. The van der Waals surface area contributed by atoms with Gasteiger partial charge in [-0.05, 0) is 75.1 Å². The number of carbonyl (C=O) groups excluding carboxylic acids is 1. The number of benzene rings is 3. The third-order valence-corrected chi connectivity index (χ3v) is 7.32. The Morgan fingerprint density at radius 2 is 1.53 bits per heavy atom. The van der Waals surface area contributed by atoms with Crippen molar-refractivity contribution in [1.82, 2.24) is 9.80 Å². The minimum atomic E-state index is -3.72. The van der Waals surface area contributed by atoms with E-state index in [2.05, 4.69) is 0 Å². The summed E-state index contributed by atoms with van der Waals surface area (Å²) in [7, 11) is 1.60. The van der Waals surface area contributed by atoms with Gasteiger partial charge in [0.2, 0.25) is 0 Å². The van der Waals surface area contributed by atoms with Gasteiger partial charge in [0.25, 0.3) is 15.9 Å². The lowest BCUT2D eigenvalue weighted by molar-refractivity contribution is 0.0732. The average Bonchev–Trinajstić information content (AvgIpc) is 2.81. The molecule has 3 rings (SSSR count). The van der Waals surface area contributed by atoms with Gasteiger partial charge in [-0.3, -0.25) is 9.10 Å². The number of carbonyl (C=O) groups is 1. The number of hydrogen-bond donors (Lipinski definition) is 0. The van der Waals surface area contributed by atoms with E-state index in [0.29, 0.717) is 29.9 Å². The summed E-state index contributed by atoms with van der Waals surface area (Å²) < 4.78 is 40.8. The van der Waals surface area contributed by atoms with Crippen molar-refractivity contribution >= 4 is 21.6 Å². The normalized spacial score (nSPS) is 11.5. The van der Waals surface area contributed by atoms with Gasteiger partial charge in [-0.15, -0.1) is 0 Å². The van der Waals surface area contributed by atoms with Gasteiger partial charge in [0.15, 0.2) is 0 Å². The first-order valence-electron chi connectivity index (χ1n) is 10.9. The van der Waals surface area contributed by atoms with E-state index in [0.717, 1.165) is 5.56 Å². The van der Waals surface area contributed by atoms with Crippen LogP contribution in [0.4, 0.5) is 10.1 Å². The van der Waals surface area contributed by atoms with Crippen molar-refractivity contribution in [1.29, 1.82) is 0 Å². The molecule has 180 valence electrons. The molecule has 1 amide bonds. The minimum absolute atomic E-state index is 0.200. The maximum absolute atomic E-state index is 13.6. The second-order valence-electron chi connectivity index (χ2n) is 8.49. The lowest BCUT2D eigenvalue weighted by Gasteiger charge is -2.25. The van der Waals surface area contributed by atoms with Crippen LogP contribution in [-0.4, -0.2) is 58.4 Å². The summed E-state index contributed by atoms with van der Waals surface area (Å²) >= 11 is 0. The predicted molar refractivity (Wildman–Crippen MR) is 133 cm³/mol. The predicted octanol–water partition coefficient (Wildman–Crippen LogP) is 4.16. The van der Waals surface area contributed by atoms with Crippen molar-refractivity contribution in [2.45, 2.75) is 18.4 Å². The lowest BCUT2D eigenvalue weighted by atomic mass is 10.1. The van der Waals surface area contributed by atoms with Gasteiger partial charge in [0.1, 0.15) is 5.82 Å². The van der Waals surface area contributed by atoms with Crippen molar-refractivity contribution in [2.75, 3.05) is 38.5 Å². The average molecular weight is 484 g/mol. The smallest absolute Gasteiger partial charge is 0.264 e. The Balaban J connectivity index is 1.81. The Labute approximate surface area is 201 Å². The molecular formula is C26H30FN3O3S. The van der Waals surface area contributed by atoms with Crippen LogP contribution in [0.1, 0.15) is 21.5 Å². The number of amides is 1. The van der Waals surface area contributed by atoms with Crippen LogP contribution in [0.15, 0.2) is 77.7 Å². The zero-order chi connectivity index (χ0) is 24.9. The molecule has 0 aliphatic rings. The maximum atomic E-state index is 13.6. The van der Waals surface area contributed by atoms with Crippen LogP contribution in [0.3, 0.4) is 0 Å². The molecule has 34 heavy (non-hydrogen) atoms. The molecule has 0 spiro atoms. The van der Waals surface area contributed by atoms with Gasteiger partial charge in [-0.25, -0.2) is 12.8 Å². The van der Waals surface area contributed by atoms with Crippen molar-refractivity contribution < 1.29 is 17.6 Å². The topological polar surface area (TPSA) is 60.9 Å². The summed E-state index contributed by atoms with van der Waals surface area (Å²) in [6, 6.07) is 19.3. The molecule has 8 heteroatoms. The van der Waals surface area contributed by atoms with Crippen LogP contribution in [-0.2, 0) is 16.6 Å². The summed E-state index contributed by atoms with van der Waals surface area (Å²) in [6.45, 7) is 3.28. The van der Waals surface area contributed by atoms with E-state index in [-0.39, 0.29) is 23.2 Å². The maximum Gasteiger partial charge on any atom is 0.264 e. The lowest BCUT2D eigenvalue weighted by Crippen LogP contribution is -2.36. The first-order valence-corrected chi connectivity index (χ1v) is 12.4. The molecule has 0 aliphatic heterocycles. The van der Waals surface area contributed by atoms with Gasteiger partial charge < -0.3 is 9.80 Å². The monoisotopic (exact) mass is 483 g/mol. The quantitative estimate of drug-likeness (QED) is 0.459. The van der Waals surface area contributed by atoms with Crippen LogP contribution in [0.25, 0.3) is 0 Å². The van der Waals surface area contributed by atoms with Gasteiger partial charge >= 0.3 is 0 Å². The van der Waals surface area contributed by atoms with E-state index in [1.165, 1.54) is 23.5 Å². The van der Waals surface area contributed by atoms with Gasteiger partial charge in [0.05, 0.1) is 10.6 Å². The van der Waals surface area contributed by atoms with E-state index < -0.39 is 10.0 Å². The largest absolute Gasteiger partial charge is 0.333 e. The Kier molecular flexibility index (Phi) is 8.06. The molecular weight excluding hydrogens is 453 g/mol. The highest BCUT2D eigenvalue weighted by atomic mass is 32.2. The van der Waals surface area contributed by atoms with E-state index in [1.807, 2.05) is 25.9 Å². The number of hydrogen-bond acceptors (Lipinski definition) is 4. The number of sulfonamides is 1. The summed E-state index contributed by atoms with van der Waals surface area (Å²) in [6.07, 6.45) is 0. The molecule has 6 nitrogen and oxygen atoms in total. The molecule has 0 saturated heterocycles. The van der Waals surface area contributed by atoms with E-state index in [9.17, 15) is 17.6 Å². The summed E-state index contributed by atoms with van der Waals surface area (Å²) in [4.78, 5) is 17.1. The zero-order valence-electron chi connectivity index (χ0n) is 19.9.